The third-order valence-electron chi connectivity index (χ3n) is 3.67. The van der Waals surface area contributed by atoms with E-state index in [-0.39, 0.29) is 5.56 Å². The molecule has 1 aliphatic rings. The number of pyridine rings is 1. The molecule has 0 radical (unpaired) electrons. The molecule has 0 unspecified atom stereocenters. The number of rotatable bonds is 4. The van der Waals surface area contributed by atoms with Crippen LogP contribution in [-0.2, 0) is 0 Å². The molecule has 0 atom stereocenters. The molecule has 20 heavy (non-hydrogen) atoms. The van der Waals surface area contributed by atoms with Crippen LogP contribution in [0.5, 0.6) is 0 Å². The predicted molar refractivity (Wildman–Crippen MR) is 83.2 cm³/mol. The Labute approximate surface area is 117 Å². The Balaban J connectivity index is 1.68. The van der Waals surface area contributed by atoms with E-state index in [1.54, 1.807) is 0 Å². The summed E-state index contributed by atoms with van der Waals surface area (Å²) in [5.74, 6) is 0.795. The van der Waals surface area contributed by atoms with E-state index >= 15 is 0 Å². The summed E-state index contributed by atoms with van der Waals surface area (Å²) < 4.78 is 0. The van der Waals surface area contributed by atoms with Crippen LogP contribution in [0, 0.1) is 0 Å². The molecule has 1 aromatic heterocycles. The third kappa shape index (κ3) is 2.91. The van der Waals surface area contributed by atoms with E-state index in [1.807, 2.05) is 30.3 Å². The first kappa shape index (κ1) is 12.9. The van der Waals surface area contributed by atoms with Crippen molar-refractivity contribution >= 4 is 16.6 Å². The van der Waals surface area contributed by atoms with Gasteiger partial charge in [-0.1, -0.05) is 29.8 Å². The van der Waals surface area contributed by atoms with Crippen molar-refractivity contribution in [3.8, 4) is 0 Å². The summed E-state index contributed by atoms with van der Waals surface area (Å²) in [7, 11) is 0. The normalized spacial score (nSPS) is 15.1. The quantitative estimate of drug-likeness (QED) is 0.746. The monoisotopic (exact) mass is 269 g/mol. The Bertz CT molecular complexity index is 687. The van der Waals surface area contributed by atoms with Crippen LogP contribution >= 0.6 is 0 Å². The van der Waals surface area contributed by atoms with Crippen molar-refractivity contribution in [2.75, 3.05) is 25.0 Å². The second-order valence-corrected chi connectivity index (χ2v) is 5.09. The number of aromatic nitrogens is 1. The van der Waals surface area contributed by atoms with E-state index in [0.29, 0.717) is 0 Å². The summed E-state index contributed by atoms with van der Waals surface area (Å²) in [6, 6.07) is 9.63. The van der Waals surface area contributed by atoms with Crippen LogP contribution in [0.1, 0.15) is 12.8 Å². The van der Waals surface area contributed by atoms with Gasteiger partial charge in [0.15, 0.2) is 0 Å². The number of fused-ring (bicyclic) bond motifs is 1. The molecule has 2 aromatic rings. The van der Waals surface area contributed by atoms with E-state index in [4.69, 9.17) is 0 Å². The van der Waals surface area contributed by atoms with Crippen LogP contribution in [0.15, 0.2) is 46.8 Å². The number of hydrogen-bond acceptors (Lipinski definition) is 3. The molecule has 0 spiro atoms. The van der Waals surface area contributed by atoms with Crippen molar-refractivity contribution in [2.24, 2.45) is 0 Å². The summed E-state index contributed by atoms with van der Waals surface area (Å²) in [5, 5.41) is 8.32. The van der Waals surface area contributed by atoms with Gasteiger partial charge in [0, 0.05) is 18.5 Å². The largest absolute Gasteiger partial charge is 0.371 e. The van der Waals surface area contributed by atoms with Gasteiger partial charge >= 0.3 is 0 Å². The van der Waals surface area contributed by atoms with Crippen molar-refractivity contribution in [1.29, 1.82) is 0 Å². The molecular weight excluding hydrogens is 250 g/mol. The van der Waals surface area contributed by atoms with E-state index < -0.39 is 0 Å². The highest BCUT2D eigenvalue weighted by atomic mass is 16.1. The van der Waals surface area contributed by atoms with E-state index in [1.165, 1.54) is 5.57 Å². The van der Waals surface area contributed by atoms with Gasteiger partial charge in [-0.15, -0.1) is 0 Å². The van der Waals surface area contributed by atoms with Crippen LogP contribution in [0.2, 0.25) is 0 Å². The molecule has 1 aliphatic heterocycles. The lowest BCUT2D eigenvalue weighted by Gasteiger charge is -2.14. The van der Waals surface area contributed by atoms with Crippen molar-refractivity contribution in [3.05, 3.63) is 52.3 Å². The highest BCUT2D eigenvalue weighted by molar-refractivity contribution is 5.83. The average molecular weight is 269 g/mol. The third-order valence-corrected chi connectivity index (χ3v) is 3.67. The van der Waals surface area contributed by atoms with Crippen molar-refractivity contribution in [1.82, 2.24) is 10.3 Å². The van der Waals surface area contributed by atoms with Crippen LogP contribution in [0.4, 0.5) is 5.82 Å². The van der Waals surface area contributed by atoms with Crippen LogP contribution in [0.25, 0.3) is 10.8 Å². The topological polar surface area (TPSA) is 56.9 Å². The maximum atomic E-state index is 11.9. The van der Waals surface area contributed by atoms with Gasteiger partial charge in [0.25, 0.3) is 5.56 Å². The Morgan fingerprint density at radius 2 is 2.15 bits per heavy atom. The van der Waals surface area contributed by atoms with Gasteiger partial charge in [-0.05, 0) is 36.9 Å². The molecule has 0 amide bonds. The molecular formula is C16H19N3O. The van der Waals surface area contributed by atoms with E-state index in [0.717, 1.165) is 49.1 Å². The van der Waals surface area contributed by atoms with Crippen LogP contribution in [-0.4, -0.2) is 24.6 Å². The van der Waals surface area contributed by atoms with Gasteiger partial charge in [0.1, 0.15) is 5.82 Å². The van der Waals surface area contributed by atoms with E-state index in [9.17, 15) is 4.79 Å². The predicted octanol–water partition coefficient (Wildman–Crippen LogP) is 2.25. The zero-order chi connectivity index (χ0) is 13.8. The lowest BCUT2D eigenvalue weighted by atomic mass is 10.1. The average Bonchev–Trinajstić information content (AvgIpc) is 2.48. The van der Waals surface area contributed by atoms with E-state index in [2.05, 4.69) is 21.7 Å². The Morgan fingerprint density at radius 1 is 1.25 bits per heavy atom. The molecule has 0 saturated carbocycles. The van der Waals surface area contributed by atoms with Crippen molar-refractivity contribution < 1.29 is 0 Å². The molecule has 104 valence electrons. The maximum absolute atomic E-state index is 11.9. The first-order valence-corrected chi connectivity index (χ1v) is 7.07. The Hall–Kier alpha value is -2.07. The first-order valence-electron chi connectivity index (χ1n) is 7.07. The summed E-state index contributed by atoms with van der Waals surface area (Å²) in [6.07, 6.45) is 4.40. The van der Waals surface area contributed by atoms with Gasteiger partial charge < -0.3 is 15.6 Å². The van der Waals surface area contributed by atoms with Crippen molar-refractivity contribution in [2.45, 2.75) is 12.8 Å². The lowest BCUT2D eigenvalue weighted by Crippen LogP contribution is -2.21. The second kappa shape index (κ2) is 5.92. The minimum Gasteiger partial charge on any atom is -0.371 e. The second-order valence-electron chi connectivity index (χ2n) is 5.09. The summed E-state index contributed by atoms with van der Waals surface area (Å²) in [6.45, 7) is 2.89. The minimum atomic E-state index is -0.0355. The van der Waals surface area contributed by atoms with Gasteiger partial charge in [-0.2, -0.15) is 0 Å². The van der Waals surface area contributed by atoms with Crippen LogP contribution < -0.4 is 16.2 Å². The fourth-order valence-corrected chi connectivity index (χ4v) is 2.56. The number of aromatic amines is 1. The number of H-pyrrole nitrogens is 1. The summed E-state index contributed by atoms with van der Waals surface area (Å²) in [5.41, 5.74) is 1.45. The number of hydrogen-bond donors (Lipinski definition) is 3. The zero-order valence-electron chi connectivity index (χ0n) is 11.4. The number of benzene rings is 1. The van der Waals surface area contributed by atoms with Crippen molar-refractivity contribution in [3.63, 3.8) is 0 Å². The smallest absolute Gasteiger partial charge is 0.257 e. The SMILES string of the molecule is O=c1[nH]c(NCCC2=CCNCC2)cc2ccccc12. The first-order chi connectivity index (χ1) is 9.83. The molecule has 0 bridgehead atoms. The number of anilines is 1. The Morgan fingerprint density at radius 3 is 3.00 bits per heavy atom. The molecule has 0 aliphatic carbocycles. The lowest BCUT2D eigenvalue weighted by molar-refractivity contribution is 0.683. The molecule has 0 saturated heterocycles. The minimum absolute atomic E-state index is 0.0355. The molecule has 3 rings (SSSR count). The fraction of sp³-hybridized carbons (Fsp3) is 0.312. The number of nitrogens with one attached hydrogen (secondary N) is 3. The summed E-state index contributed by atoms with van der Waals surface area (Å²) in [4.78, 5) is 14.8. The Kier molecular flexibility index (Phi) is 3.83. The highest BCUT2D eigenvalue weighted by Crippen LogP contribution is 2.14. The zero-order valence-corrected chi connectivity index (χ0v) is 11.4. The molecule has 4 heteroatoms. The molecule has 2 heterocycles. The van der Waals surface area contributed by atoms with Gasteiger partial charge in [-0.25, -0.2) is 0 Å². The van der Waals surface area contributed by atoms with Crippen LogP contribution in [0.3, 0.4) is 0 Å². The molecule has 3 N–H and O–H groups in total. The van der Waals surface area contributed by atoms with Gasteiger partial charge in [0.2, 0.25) is 0 Å². The maximum Gasteiger partial charge on any atom is 0.257 e. The molecule has 1 aromatic carbocycles. The highest BCUT2D eigenvalue weighted by Gasteiger charge is 2.04. The standard InChI is InChI=1S/C16H19N3O/c20-16-14-4-2-1-3-13(14)11-15(19-16)18-10-7-12-5-8-17-9-6-12/h1-5,11,17H,6-10H2,(H2,18,19,20). The van der Waals surface area contributed by atoms with Gasteiger partial charge in [0.05, 0.1) is 0 Å². The van der Waals surface area contributed by atoms with Gasteiger partial charge in [-0.3, -0.25) is 4.79 Å². The molecule has 4 nitrogen and oxygen atoms in total. The summed E-state index contributed by atoms with van der Waals surface area (Å²) >= 11 is 0. The fourth-order valence-electron chi connectivity index (χ4n) is 2.56. The molecule has 0 fully saturated rings.